The Hall–Kier alpha value is -2.71. The summed E-state index contributed by atoms with van der Waals surface area (Å²) in [5.41, 5.74) is 1.24. The molecule has 0 N–H and O–H groups in total. The summed E-state index contributed by atoms with van der Waals surface area (Å²) in [4.78, 5) is 19.6. The molecule has 3 aromatic heterocycles. The van der Waals surface area contributed by atoms with Crippen molar-refractivity contribution in [3.05, 3.63) is 59.6 Å². The lowest BCUT2D eigenvalue weighted by Crippen LogP contribution is -2.35. The highest BCUT2D eigenvalue weighted by Crippen LogP contribution is 2.33. The summed E-state index contributed by atoms with van der Waals surface area (Å²) in [5.74, 6) is -0.142. The number of hydrogen-bond acceptors (Lipinski definition) is 5. The van der Waals surface area contributed by atoms with Gasteiger partial charge in [0.2, 0.25) is 0 Å². The van der Waals surface area contributed by atoms with Gasteiger partial charge < -0.3 is 0 Å². The zero-order valence-corrected chi connectivity index (χ0v) is 16.2. The second-order valence-corrected chi connectivity index (χ2v) is 7.26. The standard InChI is InChI=1S/C18H17ClN6OS/c1-2-25-14(7-9-21-25)17(26)24(12-11-23-10-4-8-20-23)18-22-16-13(19)5-3-6-15(16)27-18/h3-10H,2,11-12H2,1H3. The molecule has 0 spiro atoms. The number of benzene rings is 1. The van der Waals surface area contributed by atoms with Crippen LogP contribution in [0, 0.1) is 0 Å². The lowest BCUT2D eigenvalue weighted by molar-refractivity contribution is 0.0975. The van der Waals surface area contributed by atoms with E-state index in [1.54, 1.807) is 38.8 Å². The van der Waals surface area contributed by atoms with Gasteiger partial charge in [-0.1, -0.05) is 29.0 Å². The fourth-order valence-corrected chi connectivity index (χ4v) is 4.13. The predicted octanol–water partition coefficient (Wildman–Crippen LogP) is 3.71. The van der Waals surface area contributed by atoms with Gasteiger partial charge in [0.25, 0.3) is 5.91 Å². The molecule has 4 aromatic rings. The second kappa shape index (κ2) is 7.50. The van der Waals surface area contributed by atoms with Crippen molar-refractivity contribution in [2.45, 2.75) is 20.0 Å². The van der Waals surface area contributed by atoms with Crippen molar-refractivity contribution in [2.24, 2.45) is 0 Å². The number of carbonyl (C=O) groups excluding carboxylic acids is 1. The highest BCUT2D eigenvalue weighted by Gasteiger charge is 2.24. The van der Waals surface area contributed by atoms with Gasteiger partial charge in [0.05, 0.1) is 16.3 Å². The maximum atomic E-state index is 13.3. The number of anilines is 1. The summed E-state index contributed by atoms with van der Waals surface area (Å²) in [6, 6.07) is 9.22. The van der Waals surface area contributed by atoms with Crippen LogP contribution in [0.5, 0.6) is 0 Å². The molecule has 0 bridgehead atoms. The van der Waals surface area contributed by atoms with Gasteiger partial charge in [-0.05, 0) is 31.2 Å². The van der Waals surface area contributed by atoms with Gasteiger partial charge in [0.15, 0.2) is 5.13 Å². The van der Waals surface area contributed by atoms with E-state index in [4.69, 9.17) is 11.6 Å². The first-order chi connectivity index (χ1) is 13.2. The third-order valence-electron chi connectivity index (χ3n) is 4.18. The molecule has 3 heterocycles. The highest BCUT2D eigenvalue weighted by atomic mass is 35.5. The summed E-state index contributed by atoms with van der Waals surface area (Å²) in [6.07, 6.45) is 5.22. The minimum absolute atomic E-state index is 0.142. The molecule has 27 heavy (non-hydrogen) atoms. The Morgan fingerprint density at radius 2 is 2.11 bits per heavy atom. The number of halogens is 1. The average Bonchev–Trinajstić information content (AvgIpc) is 3.42. The number of aromatic nitrogens is 5. The molecule has 0 unspecified atom stereocenters. The van der Waals surface area contributed by atoms with Gasteiger partial charge in [-0.15, -0.1) is 0 Å². The van der Waals surface area contributed by atoms with Gasteiger partial charge in [-0.3, -0.25) is 19.1 Å². The number of thiazole rings is 1. The smallest absolute Gasteiger partial charge is 0.278 e. The molecule has 0 atom stereocenters. The molecule has 138 valence electrons. The van der Waals surface area contributed by atoms with Crippen molar-refractivity contribution in [1.29, 1.82) is 0 Å². The van der Waals surface area contributed by atoms with E-state index in [-0.39, 0.29) is 5.91 Å². The fourth-order valence-electron chi connectivity index (χ4n) is 2.84. The van der Waals surface area contributed by atoms with Crippen LogP contribution < -0.4 is 4.90 Å². The predicted molar refractivity (Wildman–Crippen MR) is 106 cm³/mol. The molecule has 0 aliphatic heterocycles. The van der Waals surface area contributed by atoms with E-state index in [2.05, 4.69) is 15.2 Å². The van der Waals surface area contributed by atoms with E-state index in [0.29, 0.717) is 41.0 Å². The van der Waals surface area contributed by atoms with Crippen molar-refractivity contribution in [3.8, 4) is 0 Å². The SMILES string of the molecule is CCn1nccc1C(=O)N(CCn1cccn1)c1nc2c(Cl)cccc2s1. The second-order valence-electron chi connectivity index (χ2n) is 5.84. The molecular weight excluding hydrogens is 384 g/mol. The largest absolute Gasteiger partial charge is 0.281 e. The molecule has 0 saturated carbocycles. The van der Waals surface area contributed by atoms with Crippen molar-refractivity contribution in [2.75, 3.05) is 11.4 Å². The van der Waals surface area contributed by atoms with Crippen LogP contribution in [-0.4, -0.2) is 37.0 Å². The maximum absolute atomic E-state index is 13.3. The first kappa shape index (κ1) is 17.7. The fraction of sp³-hybridized carbons (Fsp3) is 0.222. The molecule has 0 radical (unpaired) electrons. The van der Waals surface area contributed by atoms with Crippen LogP contribution in [0.15, 0.2) is 48.9 Å². The third-order valence-corrected chi connectivity index (χ3v) is 5.53. The molecule has 4 rings (SSSR count). The average molecular weight is 401 g/mol. The summed E-state index contributed by atoms with van der Waals surface area (Å²) in [6.45, 7) is 3.57. The van der Waals surface area contributed by atoms with Gasteiger partial charge in [0, 0.05) is 31.7 Å². The molecule has 0 saturated heterocycles. The molecule has 0 aliphatic carbocycles. The minimum atomic E-state index is -0.142. The van der Waals surface area contributed by atoms with Crippen LogP contribution in [0.1, 0.15) is 17.4 Å². The Labute approximate surface area is 164 Å². The number of carbonyl (C=O) groups is 1. The molecule has 7 nitrogen and oxygen atoms in total. The van der Waals surface area contributed by atoms with E-state index in [9.17, 15) is 4.79 Å². The number of rotatable bonds is 6. The Morgan fingerprint density at radius 1 is 1.22 bits per heavy atom. The Bertz CT molecular complexity index is 1070. The van der Waals surface area contributed by atoms with E-state index in [1.807, 2.05) is 31.3 Å². The third kappa shape index (κ3) is 3.45. The van der Waals surface area contributed by atoms with Crippen molar-refractivity contribution < 1.29 is 4.79 Å². The summed E-state index contributed by atoms with van der Waals surface area (Å²) < 4.78 is 4.42. The van der Waals surface area contributed by atoms with Gasteiger partial charge >= 0.3 is 0 Å². The molecule has 0 fully saturated rings. The first-order valence-corrected chi connectivity index (χ1v) is 9.73. The first-order valence-electron chi connectivity index (χ1n) is 8.53. The summed E-state index contributed by atoms with van der Waals surface area (Å²) in [7, 11) is 0. The normalized spacial score (nSPS) is 11.2. The van der Waals surface area contributed by atoms with Crippen LogP contribution in [0.3, 0.4) is 0 Å². The van der Waals surface area contributed by atoms with Gasteiger partial charge in [-0.2, -0.15) is 10.2 Å². The highest BCUT2D eigenvalue weighted by molar-refractivity contribution is 7.22. The summed E-state index contributed by atoms with van der Waals surface area (Å²) >= 11 is 7.72. The molecule has 1 amide bonds. The van der Waals surface area contributed by atoms with Crippen LogP contribution in [-0.2, 0) is 13.1 Å². The van der Waals surface area contributed by atoms with Crippen molar-refractivity contribution in [1.82, 2.24) is 24.5 Å². The van der Waals surface area contributed by atoms with Crippen LogP contribution >= 0.6 is 22.9 Å². The van der Waals surface area contributed by atoms with E-state index >= 15 is 0 Å². The molecule has 9 heteroatoms. The van der Waals surface area contributed by atoms with E-state index in [1.165, 1.54) is 11.3 Å². The quantitative estimate of drug-likeness (QED) is 0.494. The zero-order valence-electron chi connectivity index (χ0n) is 14.6. The number of hydrogen-bond donors (Lipinski definition) is 0. The lowest BCUT2D eigenvalue weighted by Gasteiger charge is -2.20. The van der Waals surface area contributed by atoms with E-state index in [0.717, 1.165) is 4.70 Å². The number of aryl methyl sites for hydroxylation is 1. The van der Waals surface area contributed by atoms with Gasteiger partial charge in [-0.25, -0.2) is 4.98 Å². The van der Waals surface area contributed by atoms with Crippen molar-refractivity contribution >= 4 is 44.2 Å². The monoisotopic (exact) mass is 400 g/mol. The zero-order chi connectivity index (χ0) is 18.8. The number of nitrogens with zero attached hydrogens (tertiary/aromatic N) is 6. The topological polar surface area (TPSA) is 68.8 Å². The molecule has 1 aromatic carbocycles. The van der Waals surface area contributed by atoms with Crippen LogP contribution in [0.4, 0.5) is 5.13 Å². The molecule has 0 aliphatic rings. The van der Waals surface area contributed by atoms with Crippen molar-refractivity contribution in [3.63, 3.8) is 0 Å². The lowest BCUT2D eigenvalue weighted by atomic mass is 10.3. The minimum Gasteiger partial charge on any atom is -0.281 e. The number of para-hydroxylation sites is 1. The number of fused-ring (bicyclic) bond motifs is 1. The molecular formula is C18H17ClN6OS. The maximum Gasteiger partial charge on any atom is 0.278 e. The number of amides is 1. The Morgan fingerprint density at radius 3 is 2.85 bits per heavy atom. The van der Waals surface area contributed by atoms with Crippen LogP contribution in [0.2, 0.25) is 5.02 Å². The van der Waals surface area contributed by atoms with Crippen LogP contribution in [0.25, 0.3) is 10.2 Å². The van der Waals surface area contributed by atoms with E-state index < -0.39 is 0 Å². The Kier molecular flexibility index (Phi) is 4.91. The van der Waals surface area contributed by atoms with Gasteiger partial charge in [0.1, 0.15) is 11.2 Å². The summed E-state index contributed by atoms with van der Waals surface area (Å²) in [5, 5.41) is 9.62. The Balaban J connectivity index is 1.72.